The lowest BCUT2D eigenvalue weighted by molar-refractivity contribution is 0.0933. The first-order valence-electron chi connectivity index (χ1n) is 8.88. The fourth-order valence-corrected chi connectivity index (χ4v) is 3.20. The Hall–Kier alpha value is -2.61. The predicted octanol–water partition coefficient (Wildman–Crippen LogP) is 2.87. The van der Waals surface area contributed by atoms with E-state index in [1.165, 1.54) is 0 Å². The van der Waals surface area contributed by atoms with Crippen molar-refractivity contribution in [2.24, 2.45) is 0 Å². The molecule has 1 unspecified atom stereocenters. The number of hydrogen-bond donors (Lipinski definition) is 1. The molecular weight excluding hydrogens is 366 g/mol. The lowest BCUT2D eigenvalue weighted by Crippen LogP contribution is -2.27. The number of aryl methyl sites for hydroxylation is 2. The number of nitrogens with one attached hydrogen (secondary N) is 1. The normalized spacial score (nSPS) is 12.4. The van der Waals surface area contributed by atoms with Gasteiger partial charge in [-0.3, -0.25) is 14.2 Å². The summed E-state index contributed by atoms with van der Waals surface area (Å²) in [6.07, 6.45) is 3.55. The number of aromatic nitrogens is 6. The number of halogens is 1. The van der Waals surface area contributed by atoms with Crippen LogP contribution in [0.5, 0.6) is 0 Å². The predicted molar refractivity (Wildman–Crippen MR) is 103 cm³/mol. The Kier molecular flexibility index (Phi) is 5.36. The quantitative estimate of drug-likeness (QED) is 0.702. The third-order valence-electron chi connectivity index (χ3n) is 4.70. The summed E-state index contributed by atoms with van der Waals surface area (Å²) in [5, 5.41) is 16.7. The van der Waals surface area contributed by atoms with Gasteiger partial charge in [-0.25, -0.2) is 4.68 Å². The van der Waals surface area contributed by atoms with Crippen LogP contribution in [-0.4, -0.2) is 35.2 Å². The Bertz CT molecular complexity index is 969. The highest BCUT2D eigenvalue weighted by atomic mass is 35.5. The van der Waals surface area contributed by atoms with Crippen LogP contribution in [0.25, 0.3) is 0 Å². The molecule has 1 atom stereocenters. The van der Waals surface area contributed by atoms with Gasteiger partial charge in [0, 0.05) is 24.0 Å². The van der Waals surface area contributed by atoms with Crippen molar-refractivity contribution in [3.63, 3.8) is 0 Å². The zero-order valence-electron chi connectivity index (χ0n) is 16.2. The second-order valence-corrected chi connectivity index (χ2v) is 6.94. The van der Waals surface area contributed by atoms with Crippen molar-refractivity contribution in [1.82, 2.24) is 34.7 Å². The topological polar surface area (TPSA) is 82.6 Å². The molecule has 0 aliphatic carbocycles. The maximum absolute atomic E-state index is 12.5. The third kappa shape index (κ3) is 3.75. The van der Waals surface area contributed by atoms with E-state index in [4.69, 9.17) is 11.6 Å². The summed E-state index contributed by atoms with van der Waals surface area (Å²) < 4.78 is 5.33. The zero-order valence-corrected chi connectivity index (χ0v) is 16.9. The first-order valence-corrected chi connectivity index (χ1v) is 9.25. The molecule has 3 aromatic heterocycles. The van der Waals surface area contributed by atoms with Gasteiger partial charge in [-0.2, -0.15) is 15.3 Å². The molecule has 9 heteroatoms. The minimum atomic E-state index is -0.226. The number of carbonyl (C=O) groups excluding carboxylic acids is 1. The van der Waals surface area contributed by atoms with Crippen LogP contribution in [0.2, 0.25) is 5.02 Å². The van der Waals surface area contributed by atoms with Crippen molar-refractivity contribution in [2.75, 3.05) is 0 Å². The van der Waals surface area contributed by atoms with Crippen molar-refractivity contribution < 1.29 is 4.79 Å². The van der Waals surface area contributed by atoms with Crippen LogP contribution in [0.15, 0.2) is 18.5 Å². The highest BCUT2D eigenvalue weighted by Gasteiger charge is 2.18. The third-order valence-corrected chi connectivity index (χ3v) is 5.25. The van der Waals surface area contributed by atoms with Gasteiger partial charge < -0.3 is 5.32 Å². The Morgan fingerprint density at radius 2 is 1.96 bits per heavy atom. The molecule has 1 amide bonds. The molecule has 0 saturated heterocycles. The van der Waals surface area contributed by atoms with Gasteiger partial charge >= 0.3 is 0 Å². The van der Waals surface area contributed by atoms with Crippen LogP contribution in [0.1, 0.15) is 53.0 Å². The number of rotatable bonds is 6. The van der Waals surface area contributed by atoms with Crippen molar-refractivity contribution in [3.8, 4) is 0 Å². The van der Waals surface area contributed by atoms with Crippen molar-refractivity contribution >= 4 is 17.5 Å². The highest BCUT2D eigenvalue weighted by molar-refractivity contribution is 6.31. The summed E-state index contributed by atoms with van der Waals surface area (Å²) in [6.45, 7) is 10.9. The lowest BCUT2D eigenvalue weighted by atomic mass is 10.1. The standard InChI is InChI=1S/C18H24ClN7O/c1-6-25-13(4)15(9-20-25)11(2)21-18(27)16-7-8-24(23-16)10-26-14(5)17(19)12(3)22-26/h7-9,11H,6,10H2,1-5H3,(H,21,27). The first kappa shape index (κ1) is 19.2. The Balaban J connectivity index is 1.69. The first-order chi connectivity index (χ1) is 12.8. The van der Waals surface area contributed by atoms with Gasteiger partial charge in [0.05, 0.1) is 28.6 Å². The second-order valence-electron chi connectivity index (χ2n) is 6.56. The van der Waals surface area contributed by atoms with Gasteiger partial charge in [-0.05, 0) is 40.7 Å². The van der Waals surface area contributed by atoms with Gasteiger partial charge in [0.1, 0.15) is 12.4 Å². The molecule has 0 saturated carbocycles. The van der Waals surface area contributed by atoms with E-state index in [2.05, 4.69) is 20.6 Å². The summed E-state index contributed by atoms with van der Waals surface area (Å²) in [5.74, 6) is -0.226. The number of amides is 1. The van der Waals surface area contributed by atoms with Crippen LogP contribution < -0.4 is 5.32 Å². The summed E-state index contributed by atoms with van der Waals surface area (Å²) >= 11 is 6.18. The fourth-order valence-electron chi connectivity index (χ4n) is 3.06. The molecule has 0 radical (unpaired) electrons. The van der Waals surface area contributed by atoms with Crippen molar-refractivity contribution in [3.05, 3.63) is 51.8 Å². The van der Waals surface area contributed by atoms with Crippen LogP contribution in [0, 0.1) is 20.8 Å². The summed E-state index contributed by atoms with van der Waals surface area (Å²) in [4.78, 5) is 12.5. The molecule has 0 aliphatic heterocycles. The lowest BCUT2D eigenvalue weighted by Gasteiger charge is -2.13. The minimum absolute atomic E-state index is 0.155. The highest BCUT2D eigenvalue weighted by Crippen LogP contribution is 2.19. The van der Waals surface area contributed by atoms with Crippen LogP contribution in [0.3, 0.4) is 0 Å². The molecule has 3 rings (SSSR count). The molecule has 0 aliphatic rings. The molecule has 3 heterocycles. The van der Waals surface area contributed by atoms with Crippen LogP contribution in [-0.2, 0) is 13.2 Å². The van der Waals surface area contributed by atoms with E-state index in [1.54, 1.807) is 27.8 Å². The van der Waals surface area contributed by atoms with Crippen molar-refractivity contribution in [2.45, 2.75) is 53.9 Å². The average Bonchev–Trinajstić information content (AvgIpc) is 3.31. The molecule has 1 N–H and O–H groups in total. The summed E-state index contributed by atoms with van der Waals surface area (Å²) in [7, 11) is 0. The SMILES string of the molecule is CCn1ncc(C(C)NC(=O)c2ccn(Cn3nc(C)c(Cl)c3C)n2)c1C. The summed E-state index contributed by atoms with van der Waals surface area (Å²) in [6, 6.07) is 1.54. The molecule has 27 heavy (non-hydrogen) atoms. The van der Waals surface area contributed by atoms with Gasteiger partial charge in [0.25, 0.3) is 5.91 Å². The summed E-state index contributed by atoms with van der Waals surface area (Å²) in [5.41, 5.74) is 4.05. The average molecular weight is 390 g/mol. The van der Waals surface area contributed by atoms with E-state index in [1.807, 2.05) is 39.3 Å². The number of hydrogen-bond acceptors (Lipinski definition) is 4. The maximum Gasteiger partial charge on any atom is 0.272 e. The maximum atomic E-state index is 12.5. The van der Waals surface area contributed by atoms with Gasteiger partial charge in [0.2, 0.25) is 0 Å². The molecular formula is C18H24ClN7O. The Labute approximate surface area is 163 Å². The van der Waals surface area contributed by atoms with Crippen LogP contribution >= 0.6 is 11.6 Å². The fraction of sp³-hybridized carbons (Fsp3) is 0.444. The molecule has 8 nitrogen and oxygen atoms in total. The monoisotopic (exact) mass is 389 g/mol. The molecule has 0 aromatic carbocycles. The van der Waals surface area contributed by atoms with E-state index < -0.39 is 0 Å². The van der Waals surface area contributed by atoms with Gasteiger partial charge in [-0.15, -0.1) is 0 Å². The molecule has 3 aromatic rings. The van der Waals surface area contributed by atoms with Gasteiger partial charge in [0.15, 0.2) is 0 Å². The van der Waals surface area contributed by atoms with E-state index >= 15 is 0 Å². The number of nitrogens with zero attached hydrogens (tertiary/aromatic N) is 6. The van der Waals surface area contributed by atoms with E-state index in [0.717, 1.165) is 29.2 Å². The van der Waals surface area contributed by atoms with E-state index in [-0.39, 0.29) is 11.9 Å². The van der Waals surface area contributed by atoms with Gasteiger partial charge in [-0.1, -0.05) is 11.6 Å². The van der Waals surface area contributed by atoms with E-state index in [9.17, 15) is 4.79 Å². The Morgan fingerprint density at radius 1 is 1.22 bits per heavy atom. The van der Waals surface area contributed by atoms with Crippen molar-refractivity contribution in [1.29, 1.82) is 0 Å². The van der Waals surface area contributed by atoms with E-state index in [0.29, 0.717) is 17.4 Å². The zero-order chi connectivity index (χ0) is 19.7. The molecule has 144 valence electrons. The molecule has 0 fully saturated rings. The second kappa shape index (κ2) is 7.56. The number of carbonyl (C=O) groups is 1. The Morgan fingerprint density at radius 3 is 2.56 bits per heavy atom. The largest absolute Gasteiger partial charge is 0.344 e. The smallest absolute Gasteiger partial charge is 0.272 e. The van der Waals surface area contributed by atoms with Crippen LogP contribution in [0.4, 0.5) is 0 Å². The minimum Gasteiger partial charge on any atom is -0.344 e. The molecule has 0 bridgehead atoms. The molecule has 0 spiro atoms.